The van der Waals surface area contributed by atoms with Crippen molar-refractivity contribution in [1.29, 1.82) is 0 Å². The lowest BCUT2D eigenvalue weighted by atomic mass is 10.0. The van der Waals surface area contributed by atoms with Crippen LogP contribution < -0.4 is 5.32 Å². The smallest absolute Gasteiger partial charge is 0.0380 e. The molecule has 2 aromatic rings. The van der Waals surface area contributed by atoms with Crippen molar-refractivity contribution in [2.24, 2.45) is 0 Å². The molecule has 0 amide bonds. The molecule has 114 valence electrons. The quantitative estimate of drug-likeness (QED) is 0.557. The molecule has 0 aliphatic carbocycles. The topological polar surface area (TPSA) is 12.0 Å². The Hall–Kier alpha value is -0.160. The molecule has 0 aliphatic rings. The molecule has 0 fully saturated rings. The number of hydrogen-bond donors (Lipinski definition) is 1. The third-order valence-corrected chi connectivity index (χ3v) is 5.91. The predicted octanol–water partition coefficient (Wildman–Crippen LogP) is 6.12. The summed E-state index contributed by atoms with van der Waals surface area (Å²) in [7, 11) is 0. The van der Waals surface area contributed by atoms with Gasteiger partial charge in [-0.05, 0) is 55.3 Å². The third-order valence-electron chi connectivity index (χ3n) is 3.45. The highest BCUT2D eigenvalue weighted by Gasteiger charge is 2.16. The molecule has 0 bridgehead atoms. The lowest BCUT2D eigenvalue weighted by Gasteiger charge is -2.20. The van der Waals surface area contributed by atoms with Gasteiger partial charge in [0, 0.05) is 31.2 Å². The van der Waals surface area contributed by atoms with Crippen LogP contribution in [0.2, 0.25) is 0 Å². The predicted molar refractivity (Wildman–Crippen MR) is 100 cm³/mol. The molecule has 1 aromatic heterocycles. The molecule has 1 unspecified atom stereocenters. The Morgan fingerprint density at radius 2 is 1.86 bits per heavy atom. The molecule has 1 N–H and O–H groups in total. The number of hydrogen-bond acceptors (Lipinski definition) is 2. The second-order valence-corrected chi connectivity index (χ2v) is 8.12. The van der Waals surface area contributed by atoms with Gasteiger partial charge in [0.2, 0.25) is 0 Å². The highest BCUT2D eigenvalue weighted by molar-refractivity contribution is 9.11. The number of benzene rings is 1. The maximum atomic E-state index is 3.70. The van der Waals surface area contributed by atoms with Gasteiger partial charge in [-0.2, -0.15) is 0 Å². The number of aryl methyl sites for hydroxylation is 1. The van der Waals surface area contributed by atoms with Crippen molar-refractivity contribution in [3.8, 4) is 0 Å². The summed E-state index contributed by atoms with van der Waals surface area (Å²) in [6, 6.07) is 11.3. The summed E-state index contributed by atoms with van der Waals surface area (Å²) in [6.07, 6.45) is 3.31. The summed E-state index contributed by atoms with van der Waals surface area (Å²) < 4.78 is 2.30. The minimum Gasteiger partial charge on any atom is -0.310 e. The zero-order valence-corrected chi connectivity index (χ0v) is 16.4. The van der Waals surface area contributed by atoms with E-state index < -0.39 is 0 Å². The van der Waals surface area contributed by atoms with Crippen molar-refractivity contribution in [3.05, 3.63) is 54.6 Å². The van der Waals surface area contributed by atoms with E-state index >= 15 is 0 Å². The van der Waals surface area contributed by atoms with Crippen LogP contribution in [-0.4, -0.2) is 6.54 Å². The fourth-order valence-corrected chi connectivity index (χ4v) is 4.22. The SMILES string of the molecule is CCCNC(Cc1ccc(CC)s1)c1cc(Br)ccc1Br. The van der Waals surface area contributed by atoms with Gasteiger partial charge in [0.05, 0.1) is 0 Å². The monoisotopic (exact) mass is 429 g/mol. The summed E-state index contributed by atoms with van der Waals surface area (Å²) in [4.78, 5) is 2.92. The van der Waals surface area contributed by atoms with Gasteiger partial charge in [-0.3, -0.25) is 0 Å². The molecule has 0 radical (unpaired) electrons. The zero-order valence-electron chi connectivity index (χ0n) is 12.5. The largest absolute Gasteiger partial charge is 0.310 e. The van der Waals surface area contributed by atoms with Gasteiger partial charge in [-0.1, -0.05) is 45.7 Å². The normalized spacial score (nSPS) is 12.6. The molecule has 1 aromatic carbocycles. The highest BCUT2D eigenvalue weighted by atomic mass is 79.9. The molecule has 0 spiro atoms. The van der Waals surface area contributed by atoms with Gasteiger partial charge >= 0.3 is 0 Å². The van der Waals surface area contributed by atoms with Crippen LogP contribution in [-0.2, 0) is 12.8 Å². The molecule has 1 atom stereocenters. The van der Waals surface area contributed by atoms with E-state index in [-0.39, 0.29) is 0 Å². The highest BCUT2D eigenvalue weighted by Crippen LogP contribution is 2.31. The molecular weight excluding hydrogens is 410 g/mol. The van der Waals surface area contributed by atoms with E-state index in [1.165, 1.54) is 19.8 Å². The Balaban J connectivity index is 2.22. The minimum absolute atomic E-state index is 0.347. The summed E-state index contributed by atoms with van der Waals surface area (Å²) in [5, 5.41) is 3.69. The summed E-state index contributed by atoms with van der Waals surface area (Å²) in [6.45, 7) is 5.46. The first kappa shape index (κ1) is 17.2. The number of thiophene rings is 1. The minimum atomic E-state index is 0.347. The van der Waals surface area contributed by atoms with E-state index in [4.69, 9.17) is 0 Å². The molecule has 0 aliphatic heterocycles. The van der Waals surface area contributed by atoms with E-state index in [1.54, 1.807) is 0 Å². The lowest BCUT2D eigenvalue weighted by molar-refractivity contribution is 0.530. The van der Waals surface area contributed by atoms with Gasteiger partial charge in [0.1, 0.15) is 0 Å². The van der Waals surface area contributed by atoms with E-state index in [1.807, 2.05) is 11.3 Å². The Kier molecular flexibility index (Phi) is 6.93. The average molecular weight is 431 g/mol. The molecule has 1 nitrogen and oxygen atoms in total. The summed E-state index contributed by atoms with van der Waals surface area (Å²) in [5.41, 5.74) is 1.32. The lowest BCUT2D eigenvalue weighted by Crippen LogP contribution is -2.24. The maximum absolute atomic E-state index is 3.70. The first-order chi connectivity index (χ1) is 10.1. The summed E-state index contributed by atoms with van der Waals surface area (Å²) >= 11 is 9.22. The van der Waals surface area contributed by atoms with Gasteiger partial charge < -0.3 is 5.32 Å². The standard InChI is InChI=1S/C17H21Br2NS/c1-3-9-20-17(11-14-7-6-13(4-2)21-14)15-10-12(18)5-8-16(15)19/h5-8,10,17,20H,3-4,9,11H2,1-2H3. The van der Waals surface area contributed by atoms with Gasteiger partial charge in [-0.15, -0.1) is 11.3 Å². The van der Waals surface area contributed by atoms with Crippen LogP contribution in [0.15, 0.2) is 39.3 Å². The maximum Gasteiger partial charge on any atom is 0.0380 e. The Morgan fingerprint density at radius 3 is 2.52 bits per heavy atom. The van der Waals surface area contributed by atoms with Gasteiger partial charge in [-0.25, -0.2) is 0 Å². The van der Waals surface area contributed by atoms with E-state index in [0.717, 1.165) is 30.3 Å². The van der Waals surface area contributed by atoms with Crippen LogP contribution in [0.25, 0.3) is 0 Å². The molecule has 4 heteroatoms. The molecule has 0 saturated carbocycles. The van der Waals surface area contributed by atoms with Crippen molar-refractivity contribution in [2.75, 3.05) is 6.54 Å². The van der Waals surface area contributed by atoms with E-state index in [0.29, 0.717) is 6.04 Å². The Bertz CT molecular complexity index is 580. The van der Waals surface area contributed by atoms with Crippen LogP contribution in [0.5, 0.6) is 0 Å². The number of halogens is 2. The van der Waals surface area contributed by atoms with Crippen LogP contribution >= 0.6 is 43.2 Å². The molecule has 0 saturated heterocycles. The second-order valence-electron chi connectivity index (χ2n) is 5.10. The fraction of sp³-hybridized carbons (Fsp3) is 0.412. The third kappa shape index (κ3) is 4.92. The first-order valence-corrected chi connectivity index (χ1v) is 9.80. The number of nitrogens with one attached hydrogen (secondary N) is 1. The van der Waals surface area contributed by atoms with Crippen LogP contribution in [0.1, 0.15) is 41.6 Å². The number of rotatable bonds is 7. The van der Waals surface area contributed by atoms with Crippen molar-refractivity contribution in [3.63, 3.8) is 0 Å². The fourth-order valence-electron chi connectivity index (χ4n) is 2.32. The Labute approximate surface area is 148 Å². The molecular formula is C17H21Br2NS. The first-order valence-electron chi connectivity index (χ1n) is 7.40. The molecule has 21 heavy (non-hydrogen) atoms. The van der Waals surface area contributed by atoms with Crippen molar-refractivity contribution >= 4 is 43.2 Å². The van der Waals surface area contributed by atoms with Gasteiger partial charge in [0.25, 0.3) is 0 Å². The van der Waals surface area contributed by atoms with E-state index in [2.05, 4.69) is 81.4 Å². The van der Waals surface area contributed by atoms with Crippen LogP contribution in [0.3, 0.4) is 0 Å². The zero-order chi connectivity index (χ0) is 15.2. The van der Waals surface area contributed by atoms with Crippen molar-refractivity contribution in [1.82, 2.24) is 5.32 Å². The van der Waals surface area contributed by atoms with Crippen molar-refractivity contribution in [2.45, 2.75) is 39.2 Å². The molecule has 2 rings (SSSR count). The Morgan fingerprint density at radius 1 is 1.10 bits per heavy atom. The average Bonchev–Trinajstić information content (AvgIpc) is 2.94. The van der Waals surface area contributed by atoms with Crippen LogP contribution in [0.4, 0.5) is 0 Å². The van der Waals surface area contributed by atoms with E-state index in [9.17, 15) is 0 Å². The van der Waals surface area contributed by atoms with Gasteiger partial charge in [0.15, 0.2) is 0 Å². The van der Waals surface area contributed by atoms with Crippen LogP contribution in [0, 0.1) is 0 Å². The molecule has 1 heterocycles. The summed E-state index contributed by atoms with van der Waals surface area (Å²) in [5.74, 6) is 0. The second kappa shape index (κ2) is 8.47. The van der Waals surface area contributed by atoms with Crippen molar-refractivity contribution < 1.29 is 0 Å².